The van der Waals surface area contributed by atoms with Gasteiger partial charge in [0.1, 0.15) is 0 Å². The van der Waals surface area contributed by atoms with E-state index in [0.717, 1.165) is 12.3 Å². The standard InChI is InChI=1S/C12H7Cl2F3N2/c13-6-1-2-8(10(14)3-6)11-9(12(15,16)17)4-7(18)5-19-11/h1-5H,18H2. The van der Waals surface area contributed by atoms with Crippen molar-refractivity contribution in [2.24, 2.45) is 0 Å². The van der Waals surface area contributed by atoms with Gasteiger partial charge < -0.3 is 5.73 Å². The molecule has 1 heterocycles. The number of hydrogen-bond donors (Lipinski definition) is 1. The Labute approximate surface area is 117 Å². The molecule has 2 nitrogen and oxygen atoms in total. The van der Waals surface area contributed by atoms with Gasteiger partial charge in [-0.3, -0.25) is 4.98 Å². The maximum Gasteiger partial charge on any atom is 0.418 e. The van der Waals surface area contributed by atoms with E-state index in [1.807, 2.05) is 0 Å². The lowest BCUT2D eigenvalue weighted by Gasteiger charge is -2.13. The Morgan fingerprint density at radius 1 is 1.11 bits per heavy atom. The highest BCUT2D eigenvalue weighted by Crippen LogP contribution is 2.39. The smallest absolute Gasteiger partial charge is 0.397 e. The van der Waals surface area contributed by atoms with Gasteiger partial charge in [0.15, 0.2) is 0 Å². The third kappa shape index (κ3) is 2.93. The van der Waals surface area contributed by atoms with Crippen molar-refractivity contribution in [3.05, 3.63) is 46.1 Å². The number of rotatable bonds is 1. The molecule has 0 amide bonds. The van der Waals surface area contributed by atoms with Gasteiger partial charge in [-0.05, 0) is 24.3 Å². The highest BCUT2D eigenvalue weighted by atomic mass is 35.5. The second-order valence-corrected chi connectivity index (χ2v) is 4.63. The summed E-state index contributed by atoms with van der Waals surface area (Å²) in [6, 6.07) is 5.02. The van der Waals surface area contributed by atoms with Crippen molar-refractivity contribution in [2.75, 3.05) is 5.73 Å². The minimum absolute atomic E-state index is 0.0684. The summed E-state index contributed by atoms with van der Waals surface area (Å²) in [6.45, 7) is 0. The molecule has 0 saturated carbocycles. The van der Waals surface area contributed by atoms with E-state index in [4.69, 9.17) is 28.9 Å². The number of pyridine rings is 1. The Balaban J connectivity index is 2.68. The first-order valence-electron chi connectivity index (χ1n) is 5.07. The fourth-order valence-electron chi connectivity index (χ4n) is 1.59. The van der Waals surface area contributed by atoms with Gasteiger partial charge in [0.05, 0.1) is 28.2 Å². The number of nitrogens with two attached hydrogens (primary N) is 1. The average molecular weight is 307 g/mol. The Morgan fingerprint density at radius 3 is 2.37 bits per heavy atom. The summed E-state index contributed by atoms with van der Waals surface area (Å²) in [5, 5.41) is 0.424. The molecule has 1 aromatic heterocycles. The number of alkyl halides is 3. The molecule has 0 aliphatic heterocycles. The molecule has 0 spiro atoms. The monoisotopic (exact) mass is 306 g/mol. The summed E-state index contributed by atoms with van der Waals surface area (Å²) in [7, 11) is 0. The van der Waals surface area contributed by atoms with Crippen LogP contribution in [-0.2, 0) is 6.18 Å². The average Bonchev–Trinajstić information content (AvgIpc) is 2.28. The predicted molar refractivity (Wildman–Crippen MR) is 69.1 cm³/mol. The summed E-state index contributed by atoms with van der Waals surface area (Å²) < 4.78 is 38.9. The minimum Gasteiger partial charge on any atom is -0.397 e. The SMILES string of the molecule is Nc1cnc(-c2ccc(Cl)cc2Cl)c(C(F)(F)F)c1. The van der Waals surface area contributed by atoms with Crippen LogP contribution in [0.3, 0.4) is 0 Å². The normalized spacial score (nSPS) is 11.6. The molecule has 2 aromatic rings. The number of nitrogen functional groups attached to an aromatic ring is 1. The van der Waals surface area contributed by atoms with Crippen LogP contribution < -0.4 is 5.73 Å². The Bertz CT molecular complexity index is 627. The Morgan fingerprint density at radius 2 is 1.79 bits per heavy atom. The molecule has 19 heavy (non-hydrogen) atoms. The van der Waals surface area contributed by atoms with Crippen molar-refractivity contribution >= 4 is 28.9 Å². The van der Waals surface area contributed by atoms with Gasteiger partial charge in [0, 0.05) is 10.6 Å². The summed E-state index contributed by atoms with van der Waals surface area (Å²) in [5.41, 5.74) is 4.22. The number of benzene rings is 1. The second kappa shape index (κ2) is 4.90. The molecule has 0 bridgehead atoms. The molecule has 0 saturated heterocycles. The van der Waals surface area contributed by atoms with Crippen LogP contribution >= 0.6 is 23.2 Å². The molecule has 0 radical (unpaired) electrons. The second-order valence-electron chi connectivity index (χ2n) is 3.79. The molecule has 0 aliphatic rings. The van der Waals surface area contributed by atoms with Gasteiger partial charge in [-0.2, -0.15) is 13.2 Å². The van der Waals surface area contributed by atoms with Crippen LogP contribution in [0.25, 0.3) is 11.3 Å². The van der Waals surface area contributed by atoms with Gasteiger partial charge >= 0.3 is 6.18 Å². The van der Waals surface area contributed by atoms with Crippen LogP contribution in [0, 0.1) is 0 Å². The molecule has 2 rings (SSSR count). The van der Waals surface area contributed by atoms with E-state index in [-0.39, 0.29) is 22.0 Å². The molecule has 2 N–H and O–H groups in total. The third-order valence-electron chi connectivity index (χ3n) is 2.40. The van der Waals surface area contributed by atoms with Crippen molar-refractivity contribution in [1.82, 2.24) is 4.98 Å². The summed E-state index contributed by atoms with van der Waals surface area (Å²) in [4.78, 5) is 3.73. The topological polar surface area (TPSA) is 38.9 Å². The zero-order valence-electron chi connectivity index (χ0n) is 9.30. The zero-order chi connectivity index (χ0) is 14.2. The highest BCUT2D eigenvalue weighted by molar-refractivity contribution is 6.36. The lowest BCUT2D eigenvalue weighted by Crippen LogP contribution is -2.09. The summed E-state index contributed by atoms with van der Waals surface area (Å²) >= 11 is 11.6. The van der Waals surface area contributed by atoms with E-state index in [1.54, 1.807) is 0 Å². The van der Waals surface area contributed by atoms with Crippen LogP contribution in [0.2, 0.25) is 10.0 Å². The predicted octanol–water partition coefficient (Wildman–Crippen LogP) is 4.66. The van der Waals surface area contributed by atoms with Gasteiger partial charge in [-0.1, -0.05) is 23.2 Å². The first kappa shape index (κ1) is 14.0. The number of hydrogen-bond acceptors (Lipinski definition) is 2. The van der Waals surface area contributed by atoms with Crippen molar-refractivity contribution in [2.45, 2.75) is 6.18 Å². The van der Waals surface area contributed by atoms with Crippen LogP contribution in [0.4, 0.5) is 18.9 Å². The first-order chi connectivity index (χ1) is 8.79. The molecule has 0 unspecified atom stereocenters. The number of anilines is 1. The molecule has 0 aliphatic carbocycles. The Kier molecular flexibility index (Phi) is 3.60. The Hall–Kier alpha value is -1.46. The van der Waals surface area contributed by atoms with Crippen molar-refractivity contribution in [3.63, 3.8) is 0 Å². The molecule has 0 atom stereocenters. The quantitative estimate of drug-likeness (QED) is 0.832. The van der Waals surface area contributed by atoms with Crippen molar-refractivity contribution in [1.29, 1.82) is 0 Å². The van der Waals surface area contributed by atoms with Crippen LogP contribution in [0.15, 0.2) is 30.5 Å². The van der Waals surface area contributed by atoms with Crippen molar-refractivity contribution in [3.8, 4) is 11.3 Å². The molecule has 0 fully saturated rings. The van der Waals surface area contributed by atoms with Gasteiger partial charge in [-0.25, -0.2) is 0 Å². The van der Waals surface area contributed by atoms with Crippen LogP contribution in [0.5, 0.6) is 0 Å². The molecular weight excluding hydrogens is 300 g/mol. The van der Waals surface area contributed by atoms with E-state index >= 15 is 0 Å². The fourth-order valence-corrected chi connectivity index (χ4v) is 2.09. The molecule has 1 aromatic carbocycles. The first-order valence-corrected chi connectivity index (χ1v) is 5.83. The van der Waals surface area contributed by atoms with Crippen LogP contribution in [-0.4, -0.2) is 4.98 Å². The van der Waals surface area contributed by atoms with E-state index < -0.39 is 11.7 Å². The fraction of sp³-hybridized carbons (Fsp3) is 0.0833. The number of nitrogens with zero attached hydrogens (tertiary/aromatic N) is 1. The lowest BCUT2D eigenvalue weighted by molar-refractivity contribution is -0.137. The van der Waals surface area contributed by atoms with Crippen LogP contribution in [0.1, 0.15) is 5.56 Å². The van der Waals surface area contributed by atoms with Gasteiger partial charge in [-0.15, -0.1) is 0 Å². The van der Waals surface area contributed by atoms with E-state index in [2.05, 4.69) is 4.98 Å². The van der Waals surface area contributed by atoms with Gasteiger partial charge in [0.2, 0.25) is 0 Å². The minimum atomic E-state index is -4.57. The zero-order valence-corrected chi connectivity index (χ0v) is 10.8. The lowest BCUT2D eigenvalue weighted by atomic mass is 10.0. The van der Waals surface area contributed by atoms with Crippen molar-refractivity contribution < 1.29 is 13.2 Å². The van der Waals surface area contributed by atoms with E-state index in [0.29, 0.717) is 5.02 Å². The highest BCUT2D eigenvalue weighted by Gasteiger charge is 2.35. The van der Waals surface area contributed by atoms with Gasteiger partial charge in [0.25, 0.3) is 0 Å². The molecule has 100 valence electrons. The largest absolute Gasteiger partial charge is 0.418 e. The molecular formula is C12H7Cl2F3N2. The summed E-state index contributed by atoms with van der Waals surface area (Å²) in [6.07, 6.45) is -3.42. The summed E-state index contributed by atoms with van der Waals surface area (Å²) in [5.74, 6) is 0. The maximum atomic E-state index is 13.0. The number of aromatic nitrogens is 1. The molecule has 7 heteroatoms. The van der Waals surface area contributed by atoms with E-state index in [1.165, 1.54) is 18.2 Å². The van der Waals surface area contributed by atoms with E-state index in [9.17, 15) is 13.2 Å². The number of halogens is 5. The maximum absolute atomic E-state index is 13.0. The third-order valence-corrected chi connectivity index (χ3v) is 2.95.